The first-order valence-electron chi connectivity index (χ1n) is 5.74. The van der Waals surface area contributed by atoms with Gasteiger partial charge in [-0.25, -0.2) is 0 Å². The van der Waals surface area contributed by atoms with Gasteiger partial charge >= 0.3 is 0 Å². The van der Waals surface area contributed by atoms with Crippen molar-refractivity contribution in [1.29, 1.82) is 0 Å². The van der Waals surface area contributed by atoms with Gasteiger partial charge < -0.3 is 15.5 Å². The highest BCUT2D eigenvalue weighted by Gasteiger charge is 2.14. The van der Waals surface area contributed by atoms with Gasteiger partial charge in [0, 0.05) is 5.39 Å². The summed E-state index contributed by atoms with van der Waals surface area (Å²) in [7, 11) is 0. The van der Waals surface area contributed by atoms with E-state index in [9.17, 15) is 4.79 Å². The maximum atomic E-state index is 12.0. The van der Waals surface area contributed by atoms with Crippen molar-refractivity contribution < 1.29 is 9.21 Å². The molecule has 0 aliphatic rings. The minimum Gasteiger partial charge on any atom is -0.451 e. The van der Waals surface area contributed by atoms with Crippen molar-refractivity contribution in [1.82, 2.24) is 10.2 Å². The molecule has 0 bridgehead atoms. The van der Waals surface area contributed by atoms with Crippen LogP contribution < -0.4 is 11.1 Å². The highest BCUT2D eigenvalue weighted by atomic mass is 16.3. The Balaban J connectivity index is 1.91. The minimum atomic E-state index is -0.371. The Morgan fingerprint density at radius 3 is 3.00 bits per heavy atom. The molecule has 3 aromatic rings. The first kappa shape index (κ1) is 11.3. The summed E-state index contributed by atoms with van der Waals surface area (Å²) in [6.07, 6.45) is 1.43. The molecule has 0 spiro atoms. The fourth-order valence-electron chi connectivity index (χ4n) is 1.85. The molecule has 19 heavy (non-hydrogen) atoms. The van der Waals surface area contributed by atoms with E-state index in [4.69, 9.17) is 10.2 Å². The van der Waals surface area contributed by atoms with E-state index in [0.29, 0.717) is 17.1 Å². The van der Waals surface area contributed by atoms with Crippen molar-refractivity contribution in [2.24, 2.45) is 0 Å². The van der Waals surface area contributed by atoms with Gasteiger partial charge in [0.05, 0.1) is 11.9 Å². The molecule has 3 rings (SSSR count). The number of nitrogen functional groups attached to an aromatic ring is 1. The van der Waals surface area contributed by atoms with Crippen LogP contribution >= 0.6 is 0 Å². The van der Waals surface area contributed by atoms with Crippen LogP contribution in [0.25, 0.3) is 11.0 Å². The summed E-state index contributed by atoms with van der Waals surface area (Å²) >= 11 is 0. The molecule has 0 saturated carbocycles. The van der Waals surface area contributed by atoms with Gasteiger partial charge in [0.25, 0.3) is 5.91 Å². The first-order chi connectivity index (χ1) is 9.13. The number of fused-ring (bicyclic) bond motifs is 1. The largest absolute Gasteiger partial charge is 0.451 e. The quantitative estimate of drug-likeness (QED) is 0.655. The standard InChI is InChI=1S/C13H12N4O2/c1-7-2-3-10-8(4-7)5-11(19-10)13(18)16-12-9(14)6-15-17-12/h2-6H,14H2,1H3,(H2,15,16,17,18). The summed E-state index contributed by atoms with van der Waals surface area (Å²) < 4.78 is 5.49. The summed E-state index contributed by atoms with van der Waals surface area (Å²) in [5, 5.41) is 9.83. The summed E-state index contributed by atoms with van der Waals surface area (Å²) in [6, 6.07) is 7.43. The Bertz CT molecular complexity index is 757. The third-order valence-corrected chi connectivity index (χ3v) is 2.80. The highest BCUT2D eigenvalue weighted by Crippen LogP contribution is 2.22. The molecular weight excluding hydrogens is 244 g/mol. The molecule has 1 amide bonds. The smallest absolute Gasteiger partial charge is 0.292 e. The molecule has 2 heterocycles. The zero-order chi connectivity index (χ0) is 13.4. The number of aromatic amines is 1. The fourth-order valence-corrected chi connectivity index (χ4v) is 1.85. The number of hydrogen-bond donors (Lipinski definition) is 3. The molecule has 6 nitrogen and oxygen atoms in total. The van der Waals surface area contributed by atoms with E-state index in [1.807, 2.05) is 25.1 Å². The van der Waals surface area contributed by atoms with Crippen LogP contribution in [-0.4, -0.2) is 16.1 Å². The van der Waals surface area contributed by atoms with E-state index in [2.05, 4.69) is 15.5 Å². The van der Waals surface area contributed by atoms with E-state index in [1.165, 1.54) is 6.20 Å². The maximum absolute atomic E-state index is 12.0. The molecule has 0 saturated heterocycles. The molecule has 4 N–H and O–H groups in total. The van der Waals surface area contributed by atoms with Gasteiger partial charge in [0.2, 0.25) is 0 Å². The molecule has 96 valence electrons. The molecule has 2 aromatic heterocycles. The molecule has 0 fully saturated rings. The Kier molecular flexibility index (Phi) is 2.49. The van der Waals surface area contributed by atoms with Gasteiger partial charge in [0.15, 0.2) is 11.6 Å². The minimum absolute atomic E-state index is 0.231. The predicted molar refractivity (Wildman–Crippen MR) is 71.9 cm³/mol. The second-order valence-corrected chi connectivity index (χ2v) is 4.31. The number of rotatable bonds is 2. The molecule has 0 atom stereocenters. The third kappa shape index (κ3) is 2.03. The average molecular weight is 256 g/mol. The van der Waals surface area contributed by atoms with E-state index in [1.54, 1.807) is 6.07 Å². The van der Waals surface area contributed by atoms with Crippen LogP contribution in [0.15, 0.2) is 34.9 Å². The molecule has 0 radical (unpaired) electrons. The van der Waals surface area contributed by atoms with Gasteiger partial charge in [-0.05, 0) is 25.1 Å². The topological polar surface area (TPSA) is 96.9 Å². The van der Waals surface area contributed by atoms with Gasteiger partial charge in [-0.15, -0.1) is 0 Å². The number of hydrogen-bond acceptors (Lipinski definition) is 4. The molecule has 0 aliphatic heterocycles. The van der Waals surface area contributed by atoms with Crippen LogP contribution in [0.1, 0.15) is 16.1 Å². The molecule has 6 heteroatoms. The van der Waals surface area contributed by atoms with Crippen molar-refractivity contribution in [2.75, 3.05) is 11.1 Å². The number of benzene rings is 1. The van der Waals surface area contributed by atoms with Crippen LogP contribution in [0.3, 0.4) is 0 Å². The summed E-state index contributed by atoms with van der Waals surface area (Å²) in [5.41, 5.74) is 7.78. The normalized spacial score (nSPS) is 10.8. The van der Waals surface area contributed by atoms with Gasteiger partial charge in [0.1, 0.15) is 5.58 Å². The van der Waals surface area contributed by atoms with Crippen molar-refractivity contribution in [3.63, 3.8) is 0 Å². The Hall–Kier alpha value is -2.76. The zero-order valence-corrected chi connectivity index (χ0v) is 10.2. The Labute approximate surface area is 108 Å². The van der Waals surface area contributed by atoms with Gasteiger partial charge in [-0.2, -0.15) is 5.10 Å². The van der Waals surface area contributed by atoms with Crippen molar-refractivity contribution >= 4 is 28.4 Å². The van der Waals surface area contributed by atoms with E-state index >= 15 is 0 Å². The second-order valence-electron chi connectivity index (χ2n) is 4.31. The van der Waals surface area contributed by atoms with E-state index < -0.39 is 0 Å². The van der Waals surface area contributed by atoms with Crippen molar-refractivity contribution in [3.8, 4) is 0 Å². The number of aromatic nitrogens is 2. The highest BCUT2D eigenvalue weighted by molar-refractivity contribution is 6.05. The number of anilines is 2. The lowest BCUT2D eigenvalue weighted by molar-refractivity contribution is 0.0998. The van der Waals surface area contributed by atoms with Crippen LogP contribution in [0, 0.1) is 6.92 Å². The number of H-pyrrole nitrogens is 1. The van der Waals surface area contributed by atoms with Gasteiger partial charge in [-0.1, -0.05) is 11.6 Å². The number of furan rings is 1. The maximum Gasteiger partial charge on any atom is 0.292 e. The number of nitrogens with zero attached hydrogens (tertiary/aromatic N) is 1. The lowest BCUT2D eigenvalue weighted by Crippen LogP contribution is -2.12. The van der Waals surface area contributed by atoms with E-state index in [0.717, 1.165) is 10.9 Å². The fraction of sp³-hybridized carbons (Fsp3) is 0.0769. The lowest BCUT2D eigenvalue weighted by Gasteiger charge is -1.99. The number of carbonyl (C=O) groups is 1. The number of aryl methyl sites for hydroxylation is 1. The Morgan fingerprint density at radius 1 is 1.42 bits per heavy atom. The molecule has 0 unspecified atom stereocenters. The number of nitrogens with two attached hydrogens (primary N) is 1. The average Bonchev–Trinajstić information content (AvgIpc) is 2.96. The third-order valence-electron chi connectivity index (χ3n) is 2.80. The lowest BCUT2D eigenvalue weighted by atomic mass is 10.2. The monoisotopic (exact) mass is 256 g/mol. The van der Waals surface area contributed by atoms with Crippen LogP contribution in [-0.2, 0) is 0 Å². The van der Waals surface area contributed by atoms with Crippen LogP contribution in [0.2, 0.25) is 0 Å². The van der Waals surface area contributed by atoms with Gasteiger partial charge in [-0.3, -0.25) is 9.89 Å². The predicted octanol–water partition coefficient (Wildman–Crippen LogP) is 2.30. The number of amides is 1. The molecule has 0 aliphatic carbocycles. The van der Waals surface area contributed by atoms with E-state index in [-0.39, 0.29) is 11.7 Å². The van der Waals surface area contributed by atoms with Crippen LogP contribution in [0.4, 0.5) is 11.5 Å². The molecular formula is C13H12N4O2. The first-order valence-corrected chi connectivity index (χ1v) is 5.74. The Morgan fingerprint density at radius 2 is 2.26 bits per heavy atom. The number of nitrogens with one attached hydrogen (secondary N) is 2. The van der Waals surface area contributed by atoms with Crippen molar-refractivity contribution in [3.05, 3.63) is 41.8 Å². The summed E-state index contributed by atoms with van der Waals surface area (Å²) in [4.78, 5) is 12.0. The summed E-state index contributed by atoms with van der Waals surface area (Å²) in [6.45, 7) is 1.98. The zero-order valence-electron chi connectivity index (χ0n) is 10.2. The second kappa shape index (κ2) is 4.16. The number of carbonyl (C=O) groups excluding carboxylic acids is 1. The summed E-state index contributed by atoms with van der Waals surface area (Å²) in [5.74, 6) is 0.223. The van der Waals surface area contributed by atoms with Crippen LogP contribution in [0.5, 0.6) is 0 Å². The van der Waals surface area contributed by atoms with Crippen molar-refractivity contribution in [2.45, 2.75) is 6.92 Å². The molecule has 1 aromatic carbocycles. The SMILES string of the molecule is Cc1ccc2oc(C(=O)Nc3[nH]ncc3N)cc2c1.